The second-order valence-corrected chi connectivity index (χ2v) is 7.16. The molecule has 2 aliphatic carbocycles. The van der Waals surface area contributed by atoms with Crippen molar-refractivity contribution in [3.8, 4) is 0 Å². The molecule has 0 aromatic rings. The largest absolute Gasteiger partial charge is 0.316 e. The van der Waals surface area contributed by atoms with Crippen molar-refractivity contribution >= 4 is 0 Å². The molecule has 0 bridgehead atoms. The normalized spacial score (nSPS) is 38.2. The van der Waals surface area contributed by atoms with Gasteiger partial charge in [-0.1, -0.05) is 19.8 Å². The molecule has 2 nitrogen and oxygen atoms in total. The average Bonchev–Trinajstić information content (AvgIpc) is 3.12. The van der Waals surface area contributed by atoms with E-state index in [9.17, 15) is 0 Å². The van der Waals surface area contributed by atoms with Crippen LogP contribution in [0.5, 0.6) is 0 Å². The molecule has 2 heteroatoms. The number of hydrogen-bond donors (Lipinski definition) is 1. The maximum Gasteiger partial charge on any atom is 0.00965 e. The number of hydrogen-bond acceptors (Lipinski definition) is 2. The van der Waals surface area contributed by atoms with Gasteiger partial charge in [0.05, 0.1) is 0 Å². The zero-order valence-corrected chi connectivity index (χ0v) is 12.0. The van der Waals surface area contributed by atoms with E-state index in [2.05, 4.69) is 17.1 Å². The summed E-state index contributed by atoms with van der Waals surface area (Å²) in [5.41, 5.74) is 0. The lowest BCUT2D eigenvalue weighted by molar-refractivity contribution is 0.274. The van der Waals surface area contributed by atoms with E-state index in [0.717, 1.165) is 23.8 Å². The molecule has 0 radical (unpaired) electrons. The van der Waals surface area contributed by atoms with Crippen LogP contribution in [0.25, 0.3) is 0 Å². The van der Waals surface area contributed by atoms with Crippen LogP contribution in [0.2, 0.25) is 0 Å². The second kappa shape index (κ2) is 5.92. The molecule has 0 aromatic carbocycles. The summed E-state index contributed by atoms with van der Waals surface area (Å²) in [6.07, 6.45) is 10.2. The SMILES string of the molecule is CC1CCC(CNCC2CCN(C3CC3)C2)CC1. The summed E-state index contributed by atoms with van der Waals surface area (Å²) in [4.78, 5) is 2.73. The number of nitrogens with zero attached hydrogens (tertiary/aromatic N) is 1. The zero-order chi connectivity index (χ0) is 12.4. The molecular formula is C16H30N2. The summed E-state index contributed by atoms with van der Waals surface area (Å²) in [5.74, 6) is 2.90. The van der Waals surface area contributed by atoms with E-state index < -0.39 is 0 Å². The van der Waals surface area contributed by atoms with Crippen LogP contribution in [0.4, 0.5) is 0 Å². The van der Waals surface area contributed by atoms with Gasteiger partial charge >= 0.3 is 0 Å². The summed E-state index contributed by atoms with van der Waals surface area (Å²) in [6, 6.07) is 0.981. The van der Waals surface area contributed by atoms with Crippen molar-refractivity contribution < 1.29 is 0 Å². The van der Waals surface area contributed by atoms with Gasteiger partial charge < -0.3 is 10.2 Å². The number of nitrogens with one attached hydrogen (secondary N) is 1. The van der Waals surface area contributed by atoms with E-state index in [1.807, 2.05) is 0 Å². The Morgan fingerprint density at radius 1 is 0.889 bits per heavy atom. The van der Waals surface area contributed by atoms with Crippen molar-refractivity contribution in [1.82, 2.24) is 10.2 Å². The molecule has 3 fully saturated rings. The third-order valence-electron chi connectivity index (χ3n) is 5.38. The Balaban J connectivity index is 1.28. The lowest BCUT2D eigenvalue weighted by atomic mass is 9.83. The Hall–Kier alpha value is -0.0800. The highest BCUT2D eigenvalue weighted by Gasteiger charge is 2.34. The molecule has 104 valence electrons. The van der Waals surface area contributed by atoms with Crippen molar-refractivity contribution in [3.63, 3.8) is 0 Å². The molecule has 1 atom stereocenters. The van der Waals surface area contributed by atoms with Gasteiger partial charge in [0.25, 0.3) is 0 Å². The minimum absolute atomic E-state index is 0.938. The van der Waals surface area contributed by atoms with E-state index >= 15 is 0 Å². The van der Waals surface area contributed by atoms with Gasteiger partial charge in [-0.05, 0) is 69.5 Å². The highest BCUT2D eigenvalue weighted by molar-refractivity contribution is 4.90. The number of likely N-dealkylation sites (tertiary alicyclic amines) is 1. The molecule has 3 aliphatic rings. The minimum Gasteiger partial charge on any atom is -0.316 e. The van der Waals surface area contributed by atoms with E-state index in [-0.39, 0.29) is 0 Å². The van der Waals surface area contributed by atoms with Gasteiger partial charge in [0, 0.05) is 12.6 Å². The molecule has 1 aliphatic heterocycles. The Bertz CT molecular complexity index is 254. The van der Waals surface area contributed by atoms with Crippen LogP contribution in [-0.2, 0) is 0 Å². The first-order valence-electron chi connectivity index (χ1n) is 8.26. The lowest BCUT2D eigenvalue weighted by Gasteiger charge is -2.26. The highest BCUT2D eigenvalue weighted by Crippen LogP contribution is 2.31. The van der Waals surface area contributed by atoms with Crippen LogP contribution in [0.1, 0.15) is 51.9 Å². The molecule has 1 unspecified atom stereocenters. The summed E-state index contributed by atoms with van der Waals surface area (Å²) >= 11 is 0. The molecule has 1 saturated heterocycles. The maximum atomic E-state index is 3.77. The van der Waals surface area contributed by atoms with Gasteiger partial charge in [-0.2, -0.15) is 0 Å². The molecule has 0 amide bonds. The van der Waals surface area contributed by atoms with Crippen molar-refractivity contribution in [2.24, 2.45) is 17.8 Å². The average molecular weight is 250 g/mol. The molecule has 0 aromatic heterocycles. The first-order chi connectivity index (χ1) is 8.81. The van der Waals surface area contributed by atoms with Crippen LogP contribution >= 0.6 is 0 Å². The summed E-state index contributed by atoms with van der Waals surface area (Å²) < 4.78 is 0. The molecule has 1 N–H and O–H groups in total. The Labute approximate surface area is 113 Å². The van der Waals surface area contributed by atoms with Crippen molar-refractivity contribution in [2.75, 3.05) is 26.2 Å². The summed E-state index contributed by atoms with van der Waals surface area (Å²) in [7, 11) is 0. The van der Waals surface area contributed by atoms with Gasteiger partial charge in [-0.3, -0.25) is 0 Å². The predicted molar refractivity (Wildman–Crippen MR) is 76.7 cm³/mol. The van der Waals surface area contributed by atoms with E-state index in [1.54, 1.807) is 0 Å². The van der Waals surface area contributed by atoms with Crippen LogP contribution in [-0.4, -0.2) is 37.1 Å². The van der Waals surface area contributed by atoms with Gasteiger partial charge in [0.2, 0.25) is 0 Å². The standard InChI is InChI=1S/C16H30N2/c1-13-2-4-14(5-3-13)10-17-11-15-8-9-18(12-15)16-6-7-16/h13-17H,2-12H2,1H3. The van der Waals surface area contributed by atoms with Crippen LogP contribution in [0, 0.1) is 17.8 Å². The Morgan fingerprint density at radius 2 is 1.61 bits per heavy atom. The predicted octanol–water partition coefficient (Wildman–Crippen LogP) is 2.89. The fourth-order valence-electron chi connectivity index (χ4n) is 3.83. The second-order valence-electron chi connectivity index (χ2n) is 7.16. The lowest BCUT2D eigenvalue weighted by Crippen LogP contribution is -2.31. The van der Waals surface area contributed by atoms with Gasteiger partial charge in [-0.15, -0.1) is 0 Å². The first kappa shape index (κ1) is 12.9. The monoisotopic (exact) mass is 250 g/mol. The van der Waals surface area contributed by atoms with Crippen LogP contribution in [0.3, 0.4) is 0 Å². The third kappa shape index (κ3) is 3.48. The number of rotatable bonds is 5. The molecule has 0 spiro atoms. The minimum atomic E-state index is 0.938. The van der Waals surface area contributed by atoms with Crippen molar-refractivity contribution in [1.29, 1.82) is 0 Å². The van der Waals surface area contributed by atoms with Crippen molar-refractivity contribution in [2.45, 2.75) is 57.9 Å². The molecule has 2 saturated carbocycles. The van der Waals surface area contributed by atoms with E-state index in [4.69, 9.17) is 0 Å². The molecule has 3 rings (SSSR count). The fraction of sp³-hybridized carbons (Fsp3) is 1.00. The van der Waals surface area contributed by atoms with E-state index in [1.165, 1.54) is 71.1 Å². The van der Waals surface area contributed by atoms with Crippen LogP contribution < -0.4 is 5.32 Å². The molecule has 1 heterocycles. The highest BCUT2D eigenvalue weighted by atomic mass is 15.2. The quantitative estimate of drug-likeness (QED) is 0.807. The smallest absolute Gasteiger partial charge is 0.00965 e. The van der Waals surface area contributed by atoms with Gasteiger partial charge in [0.15, 0.2) is 0 Å². The third-order valence-corrected chi connectivity index (χ3v) is 5.38. The fourth-order valence-corrected chi connectivity index (χ4v) is 3.83. The Kier molecular flexibility index (Phi) is 4.25. The van der Waals surface area contributed by atoms with Gasteiger partial charge in [-0.25, -0.2) is 0 Å². The summed E-state index contributed by atoms with van der Waals surface area (Å²) in [6.45, 7) is 7.72. The molecular weight excluding hydrogens is 220 g/mol. The maximum absolute atomic E-state index is 3.77. The van der Waals surface area contributed by atoms with Crippen molar-refractivity contribution in [3.05, 3.63) is 0 Å². The zero-order valence-electron chi connectivity index (χ0n) is 12.0. The van der Waals surface area contributed by atoms with Gasteiger partial charge in [0.1, 0.15) is 0 Å². The summed E-state index contributed by atoms with van der Waals surface area (Å²) in [5, 5.41) is 3.77. The molecule has 18 heavy (non-hydrogen) atoms. The topological polar surface area (TPSA) is 15.3 Å². The van der Waals surface area contributed by atoms with E-state index in [0.29, 0.717) is 0 Å². The Morgan fingerprint density at radius 3 is 2.33 bits per heavy atom. The van der Waals surface area contributed by atoms with Crippen LogP contribution in [0.15, 0.2) is 0 Å². The first-order valence-corrected chi connectivity index (χ1v) is 8.26.